The Kier molecular flexibility index (Phi) is 5.03. The lowest BCUT2D eigenvalue weighted by Gasteiger charge is -2.47. The largest absolute Gasteiger partial charge is 0.379 e. The monoisotopic (exact) mass is 344 g/mol. The van der Waals surface area contributed by atoms with Crippen LogP contribution in [0.4, 0.5) is 0 Å². The number of hydrogen-bond donors (Lipinski definition) is 1. The summed E-state index contributed by atoms with van der Waals surface area (Å²) in [5, 5.41) is 3.67. The first-order valence-corrected chi connectivity index (χ1v) is 9.30. The van der Waals surface area contributed by atoms with E-state index < -0.39 is 0 Å². The molecule has 0 spiro atoms. The summed E-state index contributed by atoms with van der Waals surface area (Å²) in [5.74, 6) is 1.08. The van der Waals surface area contributed by atoms with Crippen LogP contribution in [0.25, 0.3) is 11.0 Å². The van der Waals surface area contributed by atoms with Gasteiger partial charge in [-0.05, 0) is 25.0 Å². The van der Waals surface area contributed by atoms with Gasteiger partial charge in [-0.15, -0.1) is 0 Å². The van der Waals surface area contributed by atoms with Gasteiger partial charge in [-0.2, -0.15) is 0 Å². The summed E-state index contributed by atoms with van der Waals surface area (Å²) >= 11 is 0. The summed E-state index contributed by atoms with van der Waals surface area (Å²) in [7, 11) is 2.09. The Morgan fingerprint density at radius 3 is 2.76 bits per heavy atom. The number of hydrogen-bond acceptors (Lipinski definition) is 5. The van der Waals surface area contributed by atoms with Gasteiger partial charge in [0.1, 0.15) is 5.82 Å². The summed E-state index contributed by atoms with van der Waals surface area (Å²) in [5.41, 5.74) is 2.33. The molecule has 3 heterocycles. The van der Waals surface area contributed by atoms with Crippen molar-refractivity contribution in [3.8, 4) is 0 Å². The van der Waals surface area contributed by atoms with Crippen LogP contribution >= 0.6 is 0 Å². The maximum Gasteiger partial charge on any atom is 0.123 e. The van der Waals surface area contributed by atoms with Crippen LogP contribution in [0.1, 0.15) is 18.7 Å². The van der Waals surface area contributed by atoms with Crippen molar-refractivity contribution in [1.82, 2.24) is 19.8 Å². The zero-order chi connectivity index (χ0) is 17.1. The SMILES string of the molecule is Cn1c(CNCC2(N3CCOCC3)CCCOC2)nc2ccccc21. The lowest BCUT2D eigenvalue weighted by atomic mass is 9.89. The molecule has 1 aromatic carbocycles. The molecule has 0 bridgehead atoms. The Morgan fingerprint density at radius 1 is 1.16 bits per heavy atom. The van der Waals surface area contributed by atoms with Crippen molar-refractivity contribution < 1.29 is 9.47 Å². The second-order valence-corrected chi connectivity index (χ2v) is 7.16. The number of nitrogens with zero attached hydrogens (tertiary/aromatic N) is 3. The Labute approximate surface area is 149 Å². The predicted octanol–water partition coefficient (Wildman–Crippen LogP) is 1.54. The first-order chi connectivity index (χ1) is 12.3. The quantitative estimate of drug-likeness (QED) is 0.892. The highest BCUT2D eigenvalue weighted by molar-refractivity contribution is 5.75. The molecule has 1 aromatic heterocycles. The molecule has 136 valence electrons. The van der Waals surface area contributed by atoms with E-state index in [1.807, 2.05) is 6.07 Å². The van der Waals surface area contributed by atoms with Crippen LogP contribution in [0, 0.1) is 0 Å². The first kappa shape index (κ1) is 17.0. The molecule has 0 aliphatic carbocycles. The summed E-state index contributed by atoms with van der Waals surface area (Å²) in [6, 6.07) is 8.30. The van der Waals surface area contributed by atoms with Gasteiger partial charge >= 0.3 is 0 Å². The molecule has 25 heavy (non-hydrogen) atoms. The van der Waals surface area contributed by atoms with Gasteiger partial charge < -0.3 is 19.4 Å². The standard InChI is InChI=1S/C19H28N4O2/c1-22-17-6-3-2-5-16(17)21-18(22)13-20-14-19(7-4-10-25-15-19)23-8-11-24-12-9-23/h2-3,5-6,20H,4,7-15H2,1H3. The molecule has 1 unspecified atom stereocenters. The number of imidazole rings is 1. The topological polar surface area (TPSA) is 51.6 Å². The lowest BCUT2D eigenvalue weighted by Crippen LogP contribution is -2.62. The van der Waals surface area contributed by atoms with Crippen LogP contribution in [0.15, 0.2) is 24.3 Å². The van der Waals surface area contributed by atoms with Crippen LogP contribution in [0.5, 0.6) is 0 Å². The van der Waals surface area contributed by atoms with Crippen LogP contribution < -0.4 is 5.32 Å². The van der Waals surface area contributed by atoms with E-state index in [2.05, 4.69) is 40.0 Å². The molecule has 0 radical (unpaired) electrons. The number of fused-ring (bicyclic) bond motifs is 1. The van der Waals surface area contributed by atoms with Gasteiger partial charge in [0.15, 0.2) is 0 Å². The van der Waals surface area contributed by atoms with Crippen molar-refractivity contribution in [2.24, 2.45) is 7.05 Å². The molecule has 1 N–H and O–H groups in total. The van der Waals surface area contributed by atoms with E-state index in [1.165, 1.54) is 11.9 Å². The lowest BCUT2D eigenvalue weighted by molar-refractivity contribution is -0.0851. The van der Waals surface area contributed by atoms with Crippen molar-refractivity contribution >= 4 is 11.0 Å². The second-order valence-electron chi connectivity index (χ2n) is 7.16. The molecule has 2 aromatic rings. The van der Waals surface area contributed by atoms with Crippen LogP contribution in [-0.2, 0) is 23.1 Å². The van der Waals surface area contributed by atoms with Gasteiger partial charge in [-0.1, -0.05) is 12.1 Å². The summed E-state index contributed by atoms with van der Waals surface area (Å²) in [6.45, 7) is 7.04. The normalized spacial score (nSPS) is 25.5. The highest BCUT2D eigenvalue weighted by atomic mass is 16.5. The van der Waals surface area contributed by atoms with E-state index >= 15 is 0 Å². The van der Waals surface area contributed by atoms with Crippen molar-refractivity contribution in [3.05, 3.63) is 30.1 Å². The fourth-order valence-electron chi connectivity index (χ4n) is 4.14. The Balaban J connectivity index is 1.44. The molecule has 0 saturated carbocycles. The van der Waals surface area contributed by atoms with Gasteiger partial charge in [0.05, 0.1) is 42.9 Å². The average molecular weight is 344 g/mol. The van der Waals surface area contributed by atoms with Crippen molar-refractivity contribution in [2.45, 2.75) is 24.9 Å². The number of para-hydroxylation sites is 2. The minimum atomic E-state index is 0.0899. The number of nitrogens with one attached hydrogen (secondary N) is 1. The van der Waals surface area contributed by atoms with E-state index in [0.717, 1.165) is 70.4 Å². The van der Waals surface area contributed by atoms with Gasteiger partial charge in [0.25, 0.3) is 0 Å². The van der Waals surface area contributed by atoms with Crippen LogP contribution in [0.3, 0.4) is 0 Å². The third kappa shape index (κ3) is 3.44. The molecule has 2 fully saturated rings. The summed E-state index contributed by atoms with van der Waals surface area (Å²) in [6.07, 6.45) is 2.31. The Morgan fingerprint density at radius 2 is 2.00 bits per heavy atom. The molecule has 6 nitrogen and oxygen atoms in total. The number of rotatable bonds is 5. The van der Waals surface area contributed by atoms with E-state index in [-0.39, 0.29) is 5.54 Å². The van der Waals surface area contributed by atoms with Crippen molar-refractivity contribution in [3.63, 3.8) is 0 Å². The number of aromatic nitrogens is 2. The Hall–Kier alpha value is -1.47. The highest BCUT2D eigenvalue weighted by Gasteiger charge is 2.39. The van der Waals surface area contributed by atoms with Gasteiger partial charge in [-0.25, -0.2) is 4.98 Å². The number of ether oxygens (including phenoxy) is 2. The van der Waals surface area contributed by atoms with Gasteiger partial charge in [-0.3, -0.25) is 4.90 Å². The molecule has 6 heteroatoms. The maximum absolute atomic E-state index is 5.87. The molecule has 4 rings (SSSR count). The zero-order valence-corrected chi connectivity index (χ0v) is 15.0. The van der Waals surface area contributed by atoms with Crippen molar-refractivity contribution in [2.75, 3.05) is 46.1 Å². The third-order valence-corrected chi connectivity index (χ3v) is 5.60. The van der Waals surface area contributed by atoms with Gasteiger partial charge in [0, 0.05) is 33.3 Å². The first-order valence-electron chi connectivity index (χ1n) is 9.30. The fourth-order valence-corrected chi connectivity index (χ4v) is 4.14. The fraction of sp³-hybridized carbons (Fsp3) is 0.632. The minimum Gasteiger partial charge on any atom is -0.379 e. The summed E-state index contributed by atoms with van der Waals surface area (Å²) in [4.78, 5) is 7.33. The maximum atomic E-state index is 5.87. The van der Waals surface area contributed by atoms with Crippen LogP contribution in [0.2, 0.25) is 0 Å². The summed E-state index contributed by atoms with van der Waals surface area (Å²) < 4.78 is 13.6. The third-order valence-electron chi connectivity index (χ3n) is 5.60. The second kappa shape index (κ2) is 7.41. The molecule has 2 aliphatic heterocycles. The van der Waals surface area contributed by atoms with Gasteiger partial charge in [0.2, 0.25) is 0 Å². The molecule has 1 atom stereocenters. The molecule has 0 amide bonds. The van der Waals surface area contributed by atoms with Crippen LogP contribution in [-0.4, -0.2) is 66.1 Å². The van der Waals surface area contributed by atoms with E-state index in [0.29, 0.717) is 0 Å². The average Bonchev–Trinajstić information content (AvgIpc) is 2.99. The number of benzene rings is 1. The smallest absolute Gasteiger partial charge is 0.123 e. The van der Waals surface area contributed by atoms with E-state index in [9.17, 15) is 0 Å². The minimum absolute atomic E-state index is 0.0899. The molecule has 2 saturated heterocycles. The highest BCUT2D eigenvalue weighted by Crippen LogP contribution is 2.27. The molecule has 2 aliphatic rings. The van der Waals surface area contributed by atoms with E-state index in [1.54, 1.807) is 0 Å². The molecular weight excluding hydrogens is 316 g/mol. The van der Waals surface area contributed by atoms with Crippen molar-refractivity contribution in [1.29, 1.82) is 0 Å². The zero-order valence-electron chi connectivity index (χ0n) is 15.0. The van der Waals surface area contributed by atoms with E-state index in [4.69, 9.17) is 14.5 Å². The number of morpholine rings is 1. The Bertz CT molecular complexity index is 703. The predicted molar refractivity (Wildman–Crippen MR) is 97.6 cm³/mol. The molecular formula is C19H28N4O2. The number of aryl methyl sites for hydroxylation is 1.